The number of nitriles is 1. The van der Waals surface area contributed by atoms with E-state index in [1.54, 1.807) is 36.7 Å². The van der Waals surface area contributed by atoms with Gasteiger partial charge < -0.3 is 9.88 Å². The molecule has 0 aliphatic carbocycles. The quantitative estimate of drug-likeness (QED) is 0.676. The van der Waals surface area contributed by atoms with Crippen LogP contribution in [0.2, 0.25) is 0 Å². The summed E-state index contributed by atoms with van der Waals surface area (Å²) < 4.78 is 1.95. The number of thioether (sulfide) groups is 1. The molecule has 1 N–H and O–H groups in total. The summed E-state index contributed by atoms with van der Waals surface area (Å²) in [5.41, 5.74) is 1.87. The lowest BCUT2D eigenvalue weighted by Gasteiger charge is -2.08. The standard InChI is InChI=1S/C18H16N6OS/c1-2-24-17(13-7-9-20-10-8-13)22-23-18(24)26-12-16(25)21-15-6-4-3-5-14(15)11-19/h3-10H,2,12H2,1H3,(H,21,25). The van der Waals surface area contributed by atoms with Crippen molar-refractivity contribution in [2.75, 3.05) is 11.1 Å². The predicted molar refractivity (Wildman–Crippen MR) is 99.4 cm³/mol. The van der Waals surface area contributed by atoms with Crippen molar-refractivity contribution in [3.05, 3.63) is 54.4 Å². The van der Waals surface area contributed by atoms with E-state index in [4.69, 9.17) is 5.26 Å². The summed E-state index contributed by atoms with van der Waals surface area (Å²) >= 11 is 1.31. The molecule has 0 bridgehead atoms. The number of hydrogen-bond acceptors (Lipinski definition) is 6. The highest BCUT2D eigenvalue weighted by Crippen LogP contribution is 2.24. The Bertz CT molecular complexity index is 948. The number of pyridine rings is 1. The molecule has 1 aromatic carbocycles. The first-order valence-electron chi connectivity index (χ1n) is 7.98. The van der Waals surface area contributed by atoms with Crippen molar-refractivity contribution in [3.8, 4) is 17.5 Å². The van der Waals surface area contributed by atoms with Crippen LogP contribution in [0.3, 0.4) is 0 Å². The van der Waals surface area contributed by atoms with E-state index in [2.05, 4.69) is 26.6 Å². The third-order valence-corrected chi connectivity index (χ3v) is 4.59. The van der Waals surface area contributed by atoms with E-state index in [0.717, 1.165) is 11.4 Å². The van der Waals surface area contributed by atoms with Crippen molar-refractivity contribution in [1.29, 1.82) is 5.26 Å². The van der Waals surface area contributed by atoms with Crippen molar-refractivity contribution < 1.29 is 4.79 Å². The molecule has 3 aromatic rings. The lowest BCUT2D eigenvalue weighted by atomic mass is 10.2. The third-order valence-electron chi connectivity index (χ3n) is 3.63. The molecule has 8 heteroatoms. The number of anilines is 1. The van der Waals surface area contributed by atoms with Crippen LogP contribution in [-0.2, 0) is 11.3 Å². The van der Waals surface area contributed by atoms with Crippen LogP contribution in [0, 0.1) is 11.3 Å². The average molecular weight is 364 g/mol. The molecule has 2 heterocycles. The van der Waals surface area contributed by atoms with Crippen LogP contribution in [0.25, 0.3) is 11.4 Å². The fourth-order valence-corrected chi connectivity index (χ4v) is 3.20. The maximum atomic E-state index is 12.2. The van der Waals surface area contributed by atoms with Crippen LogP contribution in [-0.4, -0.2) is 31.4 Å². The molecular formula is C18H16N6OS. The Morgan fingerprint density at radius 1 is 1.23 bits per heavy atom. The molecule has 26 heavy (non-hydrogen) atoms. The summed E-state index contributed by atoms with van der Waals surface area (Å²) in [6.45, 7) is 2.69. The minimum Gasteiger partial charge on any atom is -0.324 e. The zero-order valence-corrected chi connectivity index (χ0v) is 14.9. The number of aromatic nitrogens is 4. The second-order valence-corrected chi connectivity index (χ2v) is 6.22. The van der Waals surface area contributed by atoms with E-state index >= 15 is 0 Å². The Hall–Kier alpha value is -3.18. The summed E-state index contributed by atoms with van der Waals surface area (Å²) in [4.78, 5) is 16.2. The first kappa shape index (κ1) is 17.6. The third kappa shape index (κ3) is 3.90. The topological polar surface area (TPSA) is 96.5 Å². The molecule has 0 fully saturated rings. The fourth-order valence-electron chi connectivity index (χ4n) is 2.40. The number of carbonyl (C=O) groups excluding carboxylic acids is 1. The molecule has 0 saturated carbocycles. The Morgan fingerprint density at radius 3 is 2.73 bits per heavy atom. The van der Waals surface area contributed by atoms with Gasteiger partial charge in [0, 0.05) is 24.5 Å². The molecule has 0 aliphatic heterocycles. The van der Waals surface area contributed by atoms with Gasteiger partial charge in [0.1, 0.15) is 6.07 Å². The number of benzene rings is 1. The number of carbonyl (C=O) groups is 1. The molecule has 0 saturated heterocycles. The van der Waals surface area contributed by atoms with Gasteiger partial charge in [-0.3, -0.25) is 9.78 Å². The first-order valence-corrected chi connectivity index (χ1v) is 8.97. The molecule has 3 rings (SSSR count). The SMILES string of the molecule is CCn1c(SCC(=O)Nc2ccccc2C#N)nnc1-c1ccncc1. The fraction of sp³-hybridized carbons (Fsp3) is 0.167. The van der Waals surface area contributed by atoms with E-state index in [9.17, 15) is 4.79 Å². The van der Waals surface area contributed by atoms with E-state index in [0.29, 0.717) is 23.0 Å². The largest absolute Gasteiger partial charge is 0.324 e. The van der Waals surface area contributed by atoms with Crippen molar-refractivity contribution in [3.63, 3.8) is 0 Å². The second kappa shape index (κ2) is 8.27. The summed E-state index contributed by atoms with van der Waals surface area (Å²) in [6, 6.07) is 12.7. The molecular weight excluding hydrogens is 348 g/mol. The van der Waals surface area contributed by atoms with Crippen LogP contribution in [0.4, 0.5) is 5.69 Å². The molecule has 0 unspecified atom stereocenters. The Morgan fingerprint density at radius 2 is 2.00 bits per heavy atom. The number of rotatable bonds is 6. The van der Waals surface area contributed by atoms with Crippen LogP contribution in [0.1, 0.15) is 12.5 Å². The predicted octanol–water partition coefficient (Wildman–Crippen LogP) is 2.96. The van der Waals surface area contributed by atoms with Crippen molar-refractivity contribution in [1.82, 2.24) is 19.7 Å². The number of hydrogen-bond donors (Lipinski definition) is 1. The first-order chi connectivity index (χ1) is 12.7. The number of amides is 1. The van der Waals surface area contributed by atoms with Crippen LogP contribution < -0.4 is 5.32 Å². The Labute approximate surface area is 155 Å². The van der Waals surface area contributed by atoms with E-state index < -0.39 is 0 Å². The van der Waals surface area contributed by atoms with Crippen LogP contribution in [0.15, 0.2) is 53.9 Å². The van der Waals surface area contributed by atoms with Gasteiger partial charge in [0.05, 0.1) is 17.0 Å². The highest BCUT2D eigenvalue weighted by atomic mass is 32.2. The van der Waals surface area contributed by atoms with Crippen molar-refractivity contribution in [2.24, 2.45) is 0 Å². The van der Waals surface area contributed by atoms with Crippen LogP contribution >= 0.6 is 11.8 Å². The van der Waals surface area contributed by atoms with Gasteiger partial charge in [-0.25, -0.2) is 0 Å². The minimum atomic E-state index is -0.200. The van der Waals surface area contributed by atoms with Gasteiger partial charge in [0.15, 0.2) is 11.0 Å². The zero-order valence-electron chi connectivity index (χ0n) is 14.1. The smallest absolute Gasteiger partial charge is 0.234 e. The van der Waals surface area contributed by atoms with Gasteiger partial charge in [-0.2, -0.15) is 5.26 Å². The van der Waals surface area contributed by atoms with E-state index in [1.807, 2.05) is 23.6 Å². The number of nitrogens with one attached hydrogen (secondary N) is 1. The molecule has 130 valence electrons. The van der Waals surface area contributed by atoms with Crippen molar-refractivity contribution in [2.45, 2.75) is 18.6 Å². The summed E-state index contributed by atoms with van der Waals surface area (Å²) in [6.07, 6.45) is 3.41. The molecule has 0 atom stereocenters. The van der Waals surface area contributed by atoms with Gasteiger partial charge in [-0.15, -0.1) is 10.2 Å². The molecule has 1 amide bonds. The Balaban J connectivity index is 1.69. The monoisotopic (exact) mass is 364 g/mol. The molecule has 0 spiro atoms. The highest BCUT2D eigenvalue weighted by Gasteiger charge is 2.15. The molecule has 0 radical (unpaired) electrons. The highest BCUT2D eigenvalue weighted by molar-refractivity contribution is 7.99. The van der Waals surface area contributed by atoms with Gasteiger partial charge in [-0.1, -0.05) is 23.9 Å². The lowest BCUT2D eigenvalue weighted by molar-refractivity contribution is -0.113. The van der Waals surface area contributed by atoms with Gasteiger partial charge in [0.2, 0.25) is 5.91 Å². The van der Waals surface area contributed by atoms with Crippen LogP contribution in [0.5, 0.6) is 0 Å². The molecule has 0 aliphatic rings. The van der Waals surface area contributed by atoms with Crippen molar-refractivity contribution >= 4 is 23.4 Å². The van der Waals surface area contributed by atoms with Gasteiger partial charge in [0.25, 0.3) is 0 Å². The zero-order chi connectivity index (χ0) is 18.4. The maximum Gasteiger partial charge on any atom is 0.234 e. The van der Waals surface area contributed by atoms with E-state index in [1.165, 1.54) is 11.8 Å². The molecule has 2 aromatic heterocycles. The van der Waals surface area contributed by atoms with E-state index in [-0.39, 0.29) is 11.7 Å². The minimum absolute atomic E-state index is 0.175. The summed E-state index contributed by atoms with van der Waals surface area (Å²) in [7, 11) is 0. The number of nitrogens with zero attached hydrogens (tertiary/aromatic N) is 5. The van der Waals surface area contributed by atoms with Gasteiger partial charge >= 0.3 is 0 Å². The average Bonchev–Trinajstić information content (AvgIpc) is 3.10. The summed E-state index contributed by atoms with van der Waals surface area (Å²) in [5.74, 6) is 0.718. The van der Waals surface area contributed by atoms with Gasteiger partial charge in [-0.05, 0) is 31.2 Å². The summed E-state index contributed by atoms with van der Waals surface area (Å²) in [5, 5.41) is 21.0. The normalized spacial score (nSPS) is 10.3. The lowest BCUT2D eigenvalue weighted by Crippen LogP contribution is -2.15. The Kier molecular flexibility index (Phi) is 5.61. The molecule has 7 nitrogen and oxygen atoms in total. The second-order valence-electron chi connectivity index (χ2n) is 5.28. The maximum absolute atomic E-state index is 12.2. The number of para-hydroxylation sites is 1.